The molecule has 5 nitrogen and oxygen atoms in total. The molecule has 0 unspecified atom stereocenters. The van der Waals surface area contributed by atoms with Gasteiger partial charge >= 0.3 is 0 Å². The van der Waals surface area contributed by atoms with Crippen LogP contribution in [-0.2, 0) is 4.79 Å². The number of hydrogen-bond donors (Lipinski definition) is 1. The molecule has 1 saturated heterocycles. The van der Waals surface area contributed by atoms with Crippen molar-refractivity contribution in [1.82, 2.24) is 20.1 Å². The van der Waals surface area contributed by atoms with Gasteiger partial charge in [0.2, 0.25) is 11.1 Å². The highest BCUT2D eigenvalue weighted by atomic mass is 79.9. The van der Waals surface area contributed by atoms with Crippen molar-refractivity contribution in [3.05, 3.63) is 64.6 Å². The first-order valence-electron chi connectivity index (χ1n) is 8.90. The summed E-state index contributed by atoms with van der Waals surface area (Å²) in [5.74, 6) is 0.821. The Morgan fingerprint density at radius 3 is 2.52 bits per heavy atom. The van der Waals surface area contributed by atoms with Crippen molar-refractivity contribution in [2.24, 2.45) is 0 Å². The van der Waals surface area contributed by atoms with E-state index in [-0.39, 0.29) is 11.2 Å². The van der Waals surface area contributed by atoms with Crippen molar-refractivity contribution in [1.29, 1.82) is 0 Å². The maximum Gasteiger partial charge on any atom is 0.240 e. The van der Waals surface area contributed by atoms with E-state index in [2.05, 4.69) is 31.1 Å². The van der Waals surface area contributed by atoms with Gasteiger partial charge in [0.1, 0.15) is 5.25 Å². The minimum Gasteiger partial charge on any atom is -0.341 e. The molecule has 0 aliphatic carbocycles. The number of aromatic amines is 1. The average molecular weight is 443 g/mol. The van der Waals surface area contributed by atoms with Gasteiger partial charge in [-0.25, -0.2) is 4.98 Å². The molecule has 3 aromatic rings. The number of carbonyl (C=O) groups excluding carboxylic acids is 1. The third kappa shape index (κ3) is 4.09. The normalized spacial score (nSPS) is 15.1. The van der Waals surface area contributed by atoms with Gasteiger partial charge in [0, 0.05) is 23.1 Å². The van der Waals surface area contributed by atoms with E-state index in [0.29, 0.717) is 11.0 Å². The van der Waals surface area contributed by atoms with Gasteiger partial charge < -0.3 is 4.90 Å². The number of nitrogens with one attached hydrogen (secondary N) is 1. The molecular formula is C20H19BrN4OS. The van der Waals surface area contributed by atoms with Crippen LogP contribution in [-0.4, -0.2) is 39.1 Å². The molecule has 1 aliphatic rings. The predicted octanol–water partition coefficient (Wildman–Crippen LogP) is 4.69. The molecule has 0 bridgehead atoms. The standard InChI is InChI=1S/C20H19BrN4OS/c21-16-11-5-4-10-15(16)18-22-20(24-23-18)27-17(14-8-2-1-3-9-14)19(26)25-12-6-7-13-25/h1-5,8-11,17H,6-7,12-13H2,(H,22,23,24)/t17-/m1/s1. The Hall–Kier alpha value is -2.12. The Morgan fingerprint density at radius 1 is 1.07 bits per heavy atom. The molecule has 1 atom stereocenters. The van der Waals surface area contributed by atoms with Crippen LogP contribution in [0.25, 0.3) is 11.4 Å². The lowest BCUT2D eigenvalue weighted by Crippen LogP contribution is -2.31. The molecule has 0 spiro atoms. The summed E-state index contributed by atoms with van der Waals surface area (Å²) >= 11 is 4.94. The fourth-order valence-electron chi connectivity index (χ4n) is 3.17. The van der Waals surface area contributed by atoms with Crippen LogP contribution >= 0.6 is 27.7 Å². The second-order valence-electron chi connectivity index (χ2n) is 6.39. The Labute approximate surface area is 170 Å². The summed E-state index contributed by atoms with van der Waals surface area (Å²) < 4.78 is 0.949. The monoisotopic (exact) mass is 442 g/mol. The van der Waals surface area contributed by atoms with E-state index in [1.54, 1.807) is 0 Å². The number of nitrogens with zero attached hydrogens (tertiary/aromatic N) is 3. The lowest BCUT2D eigenvalue weighted by molar-refractivity contribution is -0.129. The van der Waals surface area contributed by atoms with Crippen LogP contribution in [0.1, 0.15) is 23.7 Å². The zero-order valence-corrected chi connectivity index (χ0v) is 17.0. The predicted molar refractivity (Wildman–Crippen MR) is 110 cm³/mol. The minimum absolute atomic E-state index is 0.135. The number of carbonyl (C=O) groups is 1. The molecule has 138 valence electrons. The summed E-state index contributed by atoms with van der Waals surface area (Å²) in [6.07, 6.45) is 2.15. The van der Waals surface area contributed by atoms with Crippen LogP contribution in [0.3, 0.4) is 0 Å². The van der Waals surface area contributed by atoms with Gasteiger partial charge in [0.05, 0.1) is 0 Å². The number of amides is 1. The van der Waals surface area contributed by atoms with Crippen molar-refractivity contribution < 1.29 is 4.79 Å². The lowest BCUT2D eigenvalue weighted by Gasteiger charge is -2.22. The zero-order valence-electron chi connectivity index (χ0n) is 14.6. The summed E-state index contributed by atoms with van der Waals surface area (Å²) in [4.78, 5) is 19.7. The van der Waals surface area contributed by atoms with Gasteiger partial charge in [0.15, 0.2) is 5.82 Å². The second kappa shape index (κ2) is 8.27. The summed E-state index contributed by atoms with van der Waals surface area (Å²) in [5, 5.41) is 7.57. The maximum atomic E-state index is 13.1. The number of hydrogen-bond acceptors (Lipinski definition) is 4. The molecule has 2 aromatic carbocycles. The first kappa shape index (κ1) is 18.3. The molecule has 7 heteroatoms. The van der Waals surface area contributed by atoms with Gasteiger partial charge in [-0.3, -0.25) is 9.89 Å². The molecule has 0 radical (unpaired) electrons. The van der Waals surface area contributed by atoms with Crippen LogP contribution in [0, 0.1) is 0 Å². The molecule has 1 amide bonds. The fourth-order valence-corrected chi connectivity index (χ4v) is 4.64. The molecule has 4 rings (SSSR count). The van der Waals surface area contributed by atoms with Crippen molar-refractivity contribution in [3.8, 4) is 11.4 Å². The Bertz CT molecular complexity index is 924. The smallest absolute Gasteiger partial charge is 0.240 e. The van der Waals surface area contributed by atoms with E-state index in [1.165, 1.54) is 11.8 Å². The molecule has 1 fully saturated rings. The van der Waals surface area contributed by atoms with E-state index in [1.807, 2.05) is 59.5 Å². The van der Waals surface area contributed by atoms with Gasteiger partial charge in [-0.1, -0.05) is 76.2 Å². The van der Waals surface area contributed by atoms with Gasteiger partial charge in [-0.2, -0.15) is 0 Å². The molecule has 1 aromatic heterocycles. The zero-order chi connectivity index (χ0) is 18.6. The van der Waals surface area contributed by atoms with E-state index in [9.17, 15) is 4.79 Å². The molecule has 2 heterocycles. The van der Waals surface area contributed by atoms with Crippen LogP contribution in [0.4, 0.5) is 0 Å². The van der Waals surface area contributed by atoms with E-state index in [0.717, 1.165) is 41.5 Å². The third-order valence-electron chi connectivity index (χ3n) is 4.56. The summed E-state index contributed by atoms with van der Waals surface area (Å²) in [6, 6.07) is 17.7. The average Bonchev–Trinajstić information content (AvgIpc) is 3.39. The number of aromatic nitrogens is 3. The molecule has 0 saturated carbocycles. The number of benzene rings is 2. The highest BCUT2D eigenvalue weighted by Gasteiger charge is 2.30. The minimum atomic E-state index is -0.341. The van der Waals surface area contributed by atoms with Crippen LogP contribution < -0.4 is 0 Å². The van der Waals surface area contributed by atoms with Crippen LogP contribution in [0.5, 0.6) is 0 Å². The van der Waals surface area contributed by atoms with Gasteiger partial charge in [0.25, 0.3) is 0 Å². The number of H-pyrrole nitrogens is 1. The highest BCUT2D eigenvalue weighted by Crippen LogP contribution is 2.36. The quantitative estimate of drug-likeness (QED) is 0.582. The molecule has 1 aliphatic heterocycles. The third-order valence-corrected chi connectivity index (χ3v) is 6.36. The van der Waals surface area contributed by atoms with Gasteiger partial charge in [-0.15, -0.1) is 5.10 Å². The second-order valence-corrected chi connectivity index (χ2v) is 8.31. The fraction of sp³-hybridized carbons (Fsp3) is 0.250. The van der Waals surface area contributed by atoms with Crippen molar-refractivity contribution in [2.75, 3.05) is 13.1 Å². The van der Waals surface area contributed by atoms with Crippen LogP contribution in [0.15, 0.2) is 64.2 Å². The lowest BCUT2D eigenvalue weighted by atomic mass is 10.1. The number of thioether (sulfide) groups is 1. The topological polar surface area (TPSA) is 61.9 Å². The first-order valence-corrected chi connectivity index (χ1v) is 10.6. The SMILES string of the molecule is O=C([C@H](Sc1n[nH]c(-c2ccccc2Br)n1)c1ccccc1)N1CCCC1. The first-order chi connectivity index (χ1) is 13.2. The van der Waals surface area contributed by atoms with Crippen molar-refractivity contribution in [3.63, 3.8) is 0 Å². The van der Waals surface area contributed by atoms with Crippen molar-refractivity contribution in [2.45, 2.75) is 23.2 Å². The van der Waals surface area contributed by atoms with E-state index in [4.69, 9.17) is 0 Å². The highest BCUT2D eigenvalue weighted by molar-refractivity contribution is 9.10. The summed E-state index contributed by atoms with van der Waals surface area (Å²) in [6.45, 7) is 1.66. The summed E-state index contributed by atoms with van der Waals surface area (Å²) in [5.41, 5.74) is 1.92. The number of likely N-dealkylation sites (tertiary alicyclic amines) is 1. The van der Waals surface area contributed by atoms with E-state index >= 15 is 0 Å². The Balaban J connectivity index is 1.60. The van der Waals surface area contributed by atoms with Crippen molar-refractivity contribution >= 4 is 33.6 Å². The summed E-state index contributed by atoms with van der Waals surface area (Å²) in [7, 11) is 0. The molecule has 1 N–H and O–H groups in total. The maximum absolute atomic E-state index is 13.1. The molecular weight excluding hydrogens is 424 g/mol. The largest absolute Gasteiger partial charge is 0.341 e. The van der Waals surface area contributed by atoms with Crippen LogP contribution in [0.2, 0.25) is 0 Å². The Kier molecular flexibility index (Phi) is 5.59. The molecule has 27 heavy (non-hydrogen) atoms. The van der Waals surface area contributed by atoms with Gasteiger partial charge in [-0.05, 0) is 24.5 Å². The number of halogens is 1. The van der Waals surface area contributed by atoms with E-state index < -0.39 is 0 Å². The Morgan fingerprint density at radius 2 is 1.78 bits per heavy atom. The number of rotatable bonds is 5.